The number of benzene rings is 1. The largest absolute Gasteiger partial charge is 0.349 e. The van der Waals surface area contributed by atoms with Gasteiger partial charge in [0, 0.05) is 48.9 Å². The molecule has 3 aromatic rings. The number of nitrogens with zero attached hydrogens (tertiary/aromatic N) is 5. The molecule has 0 saturated heterocycles. The van der Waals surface area contributed by atoms with Crippen LogP contribution in [-0.2, 0) is 19.5 Å². The van der Waals surface area contributed by atoms with E-state index in [2.05, 4.69) is 15.4 Å². The van der Waals surface area contributed by atoms with Gasteiger partial charge in [-0.25, -0.2) is 9.48 Å². The van der Waals surface area contributed by atoms with Crippen LogP contribution in [0, 0.1) is 0 Å². The number of carbonyl (C=O) groups is 1. The zero-order chi connectivity index (χ0) is 20.4. The van der Waals surface area contributed by atoms with Crippen LogP contribution < -0.4 is 11.0 Å². The zero-order valence-electron chi connectivity index (χ0n) is 16.8. The minimum atomic E-state index is -0.100. The zero-order valence-corrected chi connectivity index (χ0v) is 16.8. The summed E-state index contributed by atoms with van der Waals surface area (Å²) in [5.41, 5.74) is 0.567. The summed E-state index contributed by atoms with van der Waals surface area (Å²) in [6.07, 6.45) is 5.59. The summed E-state index contributed by atoms with van der Waals surface area (Å²) in [6, 6.07) is 7.59. The van der Waals surface area contributed by atoms with Crippen molar-refractivity contribution in [3.63, 3.8) is 0 Å². The molecule has 29 heavy (non-hydrogen) atoms. The summed E-state index contributed by atoms with van der Waals surface area (Å²) in [4.78, 5) is 31.7. The topological polar surface area (TPSA) is 85.0 Å². The molecule has 0 bridgehead atoms. The Morgan fingerprint density at radius 1 is 1.28 bits per heavy atom. The minimum Gasteiger partial charge on any atom is -0.349 e. The number of likely N-dealkylation sites (N-methyl/N-ethyl adjacent to an activating group) is 1. The number of carbonyl (C=O) groups excluding carboxylic acids is 1. The molecular formula is C21H26N6O2. The standard InChI is InChI=1S/C21H26N6O2/c1-25(2)12-13-27-21(29)26-11-9-16(6-7-19(26)24-27)23-20(28)17-5-3-4-15-8-10-22-14-18(15)17/h3-5,8,10,14,16H,6-7,9,11-13H2,1-2H3,(H,23,28). The van der Waals surface area contributed by atoms with E-state index < -0.39 is 0 Å². The molecule has 1 unspecified atom stereocenters. The monoisotopic (exact) mass is 394 g/mol. The van der Waals surface area contributed by atoms with Crippen molar-refractivity contribution in [3.05, 3.63) is 58.5 Å². The molecular weight excluding hydrogens is 368 g/mol. The molecule has 8 nitrogen and oxygen atoms in total. The first-order valence-electron chi connectivity index (χ1n) is 9.98. The van der Waals surface area contributed by atoms with Crippen molar-refractivity contribution in [2.45, 2.75) is 38.4 Å². The Kier molecular flexibility index (Phi) is 5.44. The lowest BCUT2D eigenvalue weighted by molar-refractivity contribution is 0.0934. The van der Waals surface area contributed by atoms with Gasteiger partial charge in [0.15, 0.2) is 0 Å². The lowest BCUT2D eigenvalue weighted by Gasteiger charge is -2.17. The van der Waals surface area contributed by atoms with Crippen LogP contribution in [0.3, 0.4) is 0 Å². The van der Waals surface area contributed by atoms with E-state index in [9.17, 15) is 9.59 Å². The average molecular weight is 394 g/mol. The van der Waals surface area contributed by atoms with Gasteiger partial charge in [-0.2, -0.15) is 5.10 Å². The fourth-order valence-corrected chi connectivity index (χ4v) is 3.79. The number of hydrogen-bond donors (Lipinski definition) is 1. The number of fused-ring (bicyclic) bond motifs is 2. The highest BCUT2D eigenvalue weighted by atomic mass is 16.2. The van der Waals surface area contributed by atoms with Crippen LogP contribution in [0.25, 0.3) is 10.8 Å². The van der Waals surface area contributed by atoms with Crippen molar-refractivity contribution in [3.8, 4) is 0 Å². The number of hydrogen-bond acceptors (Lipinski definition) is 5. The predicted octanol–water partition coefficient (Wildman–Crippen LogP) is 1.29. The second kappa shape index (κ2) is 8.16. The Morgan fingerprint density at radius 2 is 2.14 bits per heavy atom. The van der Waals surface area contributed by atoms with E-state index in [1.807, 2.05) is 43.3 Å². The summed E-state index contributed by atoms with van der Waals surface area (Å²) < 4.78 is 3.31. The fraction of sp³-hybridized carbons (Fsp3) is 0.429. The van der Waals surface area contributed by atoms with Crippen LogP contribution in [0.5, 0.6) is 0 Å². The summed E-state index contributed by atoms with van der Waals surface area (Å²) in [5.74, 6) is 0.705. The molecule has 0 spiro atoms. The van der Waals surface area contributed by atoms with Gasteiger partial charge in [0.05, 0.1) is 6.54 Å². The predicted molar refractivity (Wildman–Crippen MR) is 111 cm³/mol. The summed E-state index contributed by atoms with van der Waals surface area (Å²) in [7, 11) is 3.96. The van der Waals surface area contributed by atoms with Crippen LogP contribution in [0.2, 0.25) is 0 Å². The Hall–Kier alpha value is -3.00. The normalized spacial score (nSPS) is 16.6. The third-order valence-corrected chi connectivity index (χ3v) is 5.44. The van der Waals surface area contributed by atoms with Crippen molar-refractivity contribution in [1.29, 1.82) is 0 Å². The highest BCUT2D eigenvalue weighted by Crippen LogP contribution is 2.18. The van der Waals surface area contributed by atoms with Gasteiger partial charge in [-0.1, -0.05) is 12.1 Å². The quantitative estimate of drug-likeness (QED) is 0.705. The molecule has 1 aromatic carbocycles. The van der Waals surface area contributed by atoms with E-state index in [0.717, 1.165) is 29.6 Å². The highest BCUT2D eigenvalue weighted by Gasteiger charge is 2.23. The van der Waals surface area contributed by atoms with Crippen molar-refractivity contribution in [1.82, 2.24) is 29.5 Å². The van der Waals surface area contributed by atoms with E-state index in [-0.39, 0.29) is 17.6 Å². The molecule has 0 radical (unpaired) electrons. The van der Waals surface area contributed by atoms with Crippen molar-refractivity contribution < 1.29 is 4.79 Å². The molecule has 0 saturated carbocycles. The third-order valence-electron chi connectivity index (χ3n) is 5.44. The number of pyridine rings is 1. The second-order valence-electron chi connectivity index (χ2n) is 7.78. The van der Waals surface area contributed by atoms with Gasteiger partial charge in [0.1, 0.15) is 5.82 Å². The van der Waals surface area contributed by atoms with Gasteiger partial charge >= 0.3 is 5.69 Å². The first-order valence-corrected chi connectivity index (χ1v) is 9.98. The van der Waals surface area contributed by atoms with Gasteiger partial charge in [0.2, 0.25) is 0 Å². The van der Waals surface area contributed by atoms with Gasteiger partial charge < -0.3 is 10.2 Å². The lowest BCUT2D eigenvalue weighted by atomic mass is 10.0. The van der Waals surface area contributed by atoms with Crippen LogP contribution in [0.1, 0.15) is 29.0 Å². The first-order chi connectivity index (χ1) is 14.0. The fourth-order valence-electron chi connectivity index (χ4n) is 3.79. The van der Waals surface area contributed by atoms with Crippen LogP contribution >= 0.6 is 0 Å². The van der Waals surface area contributed by atoms with Crippen LogP contribution in [0.15, 0.2) is 41.5 Å². The molecule has 8 heteroatoms. The Morgan fingerprint density at radius 3 is 2.97 bits per heavy atom. The average Bonchev–Trinajstić information content (AvgIpc) is 2.88. The lowest BCUT2D eigenvalue weighted by Crippen LogP contribution is -2.36. The maximum atomic E-state index is 12.9. The number of aryl methyl sites for hydroxylation is 1. The second-order valence-corrected chi connectivity index (χ2v) is 7.78. The van der Waals surface area contributed by atoms with Crippen molar-refractivity contribution in [2.75, 3.05) is 20.6 Å². The van der Waals surface area contributed by atoms with Crippen molar-refractivity contribution >= 4 is 16.7 Å². The van der Waals surface area contributed by atoms with Crippen molar-refractivity contribution in [2.24, 2.45) is 0 Å². The van der Waals surface area contributed by atoms with E-state index in [1.165, 1.54) is 0 Å². The number of nitrogens with one attached hydrogen (secondary N) is 1. The van der Waals surface area contributed by atoms with E-state index in [4.69, 9.17) is 0 Å². The number of amides is 1. The Bertz CT molecular complexity index is 1080. The molecule has 1 aliphatic rings. The van der Waals surface area contributed by atoms with Gasteiger partial charge in [0.25, 0.3) is 5.91 Å². The maximum absolute atomic E-state index is 12.9. The first kappa shape index (κ1) is 19.3. The van der Waals surface area contributed by atoms with Gasteiger partial charge in [-0.15, -0.1) is 0 Å². The Labute approximate surface area is 169 Å². The Balaban J connectivity index is 1.45. The smallest absolute Gasteiger partial charge is 0.345 e. The van der Waals surface area contributed by atoms with E-state index in [1.54, 1.807) is 21.6 Å². The van der Waals surface area contributed by atoms with E-state index >= 15 is 0 Å². The molecule has 1 aliphatic heterocycles. The molecule has 152 valence electrons. The minimum absolute atomic E-state index is 0.00533. The molecule has 0 aliphatic carbocycles. The summed E-state index contributed by atoms with van der Waals surface area (Å²) in [6.45, 7) is 1.92. The molecule has 2 aromatic heterocycles. The van der Waals surface area contributed by atoms with E-state index in [0.29, 0.717) is 31.5 Å². The molecule has 1 atom stereocenters. The molecule has 4 rings (SSSR count). The maximum Gasteiger partial charge on any atom is 0.345 e. The summed E-state index contributed by atoms with van der Waals surface area (Å²) in [5, 5.41) is 9.49. The molecule has 0 fully saturated rings. The van der Waals surface area contributed by atoms with Gasteiger partial charge in [-0.3, -0.25) is 14.3 Å². The molecule has 1 N–H and O–H groups in total. The summed E-state index contributed by atoms with van der Waals surface area (Å²) >= 11 is 0. The highest BCUT2D eigenvalue weighted by molar-refractivity contribution is 6.06. The van der Waals surface area contributed by atoms with Crippen LogP contribution in [-0.4, -0.2) is 56.8 Å². The molecule has 3 heterocycles. The number of aromatic nitrogens is 4. The SMILES string of the molecule is CN(C)CCn1nc2n(c1=O)CCC(NC(=O)c1cccc3ccncc13)CC2. The third kappa shape index (κ3) is 4.07. The van der Waals surface area contributed by atoms with Crippen LogP contribution in [0.4, 0.5) is 0 Å². The molecule has 1 amide bonds. The number of rotatable bonds is 5. The van der Waals surface area contributed by atoms with Gasteiger partial charge in [-0.05, 0) is 44.5 Å².